The van der Waals surface area contributed by atoms with Crippen molar-refractivity contribution in [3.05, 3.63) is 20.8 Å². The fourth-order valence-electron chi connectivity index (χ4n) is 2.27. The van der Waals surface area contributed by atoms with Crippen molar-refractivity contribution in [3.63, 3.8) is 0 Å². The molecule has 1 saturated carbocycles. The molecule has 5 heteroatoms. The molecule has 1 fully saturated rings. The van der Waals surface area contributed by atoms with E-state index < -0.39 is 0 Å². The summed E-state index contributed by atoms with van der Waals surface area (Å²) in [6.45, 7) is 2.11. The predicted octanol–water partition coefficient (Wildman–Crippen LogP) is 3.40. The fraction of sp³-hybridized carbons (Fsp3) is 0.583. The van der Waals surface area contributed by atoms with Crippen LogP contribution in [0, 0.1) is 5.41 Å². The minimum absolute atomic E-state index is 0.384. The van der Waals surface area contributed by atoms with Gasteiger partial charge in [0.25, 0.3) is 0 Å². The van der Waals surface area contributed by atoms with Gasteiger partial charge in [-0.25, -0.2) is 0 Å². The lowest BCUT2D eigenvalue weighted by Gasteiger charge is -2.22. The normalized spacial score (nSPS) is 17.4. The van der Waals surface area contributed by atoms with Crippen LogP contribution in [0.15, 0.2) is 15.9 Å². The van der Waals surface area contributed by atoms with Gasteiger partial charge in [-0.15, -0.1) is 11.3 Å². The summed E-state index contributed by atoms with van der Waals surface area (Å²) >= 11 is 10.3. The minimum atomic E-state index is 0.384. The Labute approximate surface area is 120 Å². The van der Waals surface area contributed by atoms with E-state index in [9.17, 15) is 0 Å². The number of rotatable bonds is 6. The Morgan fingerprint density at radius 2 is 2.35 bits per heavy atom. The van der Waals surface area contributed by atoms with Crippen molar-refractivity contribution in [1.29, 1.82) is 0 Å². The molecule has 1 aromatic heterocycles. The molecule has 1 aliphatic rings. The third-order valence-electron chi connectivity index (χ3n) is 3.16. The molecule has 2 N–H and O–H groups in total. The summed E-state index contributed by atoms with van der Waals surface area (Å²) in [5.41, 5.74) is 6.04. The van der Waals surface area contributed by atoms with E-state index in [1.54, 1.807) is 11.3 Å². The van der Waals surface area contributed by atoms with Gasteiger partial charge in [-0.3, -0.25) is 0 Å². The topological polar surface area (TPSA) is 29.3 Å². The van der Waals surface area contributed by atoms with Gasteiger partial charge >= 0.3 is 0 Å². The standard InChI is InChI=1S/C12H17BrN2S2/c1-15(6-10-4-9(13)7-17-10)8-12(2-3-12)5-11(14)16/h4,7H,2-3,5-6,8H2,1H3,(H2,14,16). The van der Waals surface area contributed by atoms with E-state index in [0.717, 1.165) is 19.5 Å². The molecule has 2 nitrogen and oxygen atoms in total. The number of hydrogen-bond acceptors (Lipinski definition) is 3. The molecule has 94 valence electrons. The maximum Gasteiger partial charge on any atom is 0.0733 e. The van der Waals surface area contributed by atoms with E-state index in [0.29, 0.717) is 10.4 Å². The number of hydrogen-bond donors (Lipinski definition) is 1. The summed E-state index contributed by atoms with van der Waals surface area (Å²) in [7, 11) is 2.17. The molecule has 0 spiro atoms. The number of halogens is 1. The molecular weight excluding hydrogens is 316 g/mol. The van der Waals surface area contributed by atoms with Crippen LogP contribution in [0.2, 0.25) is 0 Å². The molecule has 17 heavy (non-hydrogen) atoms. The summed E-state index contributed by atoms with van der Waals surface area (Å²) < 4.78 is 1.18. The van der Waals surface area contributed by atoms with E-state index in [4.69, 9.17) is 18.0 Å². The van der Waals surface area contributed by atoms with Gasteiger partial charge in [0.05, 0.1) is 4.99 Å². The Bertz CT molecular complexity index is 412. The molecule has 1 aromatic rings. The van der Waals surface area contributed by atoms with Crippen LogP contribution in [0.25, 0.3) is 0 Å². The lowest BCUT2D eigenvalue weighted by atomic mass is 10.0. The van der Waals surface area contributed by atoms with Crippen molar-refractivity contribution >= 4 is 44.5 Å². The number of thiocarbonyl (C=S) groups is 1. The molecular formula is C12H17BrN2S2. The smallest absolute Gasteiger partial charge is 0.0733 e. The highest BCUT2D eigenvalue weighted by Gasteiger charge is 2.43. The van der Waals surface area contributed by atoms with Crippen LogP contribution in [0.3, 0.4) is 0 Å². The van der Waals surface area contributed by atoms with Gasteiger partial charge in [0.2, 0.25) is 0 Å². The van der Waals surface area contributed by atoms with E-state index in [1.165, 1.54) is 22.2 Å². The van der Waals surface area contributed by atoms with Crippen molar-refractivity contribution in [2.24, 2.45) is 11.1 Å². The van der Waals surface area contributed by atoms with Crippen LogP contribution in [-0.4, -0.2) is 23.5 Å². The second-order valence-electron chi connectivity index (χ2n) is 5.05. The molecule has 0 radical (unpaired) electrons. The zero-order valence-electron chi connectivity index (χ0n) is 9.91. The van der Waals surface area contributed by atoms with Crippen molar-refractivity contribution in [2.45, 2.75) is 25.8 Å². The van der Waals surface area contributed by atoms with Gasteiger partial charge in [-0.1, -0.05) is 12.2 Å². The zero-order chi connectivity index (χ0) is 12.5. The van der Waals surface area contributed by atoms with Crippen molar-refractivity contribution in [2.75, 3.05) is 13.6 Å². The molecule has 2 rings (SSSR count). The summed E-state index contributed by atoms with van der Waals surface area (Å²) in [5, 5.41) is 2.13. The zero-order valence-corrected chi connectivity index (χ0v) is 13.1. The molecule has 0 unspecified atom stereocenters. The Morgan fingerprint density at radius 1 is 1.65 bits per heavy atom. The Balaban J connectivity index is 1.85. The summed E-state index contributed by atoms with van der Waals surface area (Å²) in [5.74, 6) is 0. The lowest BCUT2D eigenvalue weighted by molar-refractivity contribution is 0.261. The van der Waals surface area contributed by atoms with Crippen LogP contribution < -0.4 is 5.73 Å². The second-order valence-corrected chi connectivity index (χ2v) is 7.48. The molecule has 0 saturated heterocycles. The van der Waals surface area contributed by atoms with Crippen molar-refractivity contribution < 1.29 is 0 Å². The molecule has 0 atom stereocenters. The lowest BCUT2D eigenvalue weighted by Crippen LogP contribution is -2.29. The maximum absolute atomic E-state index is 5.66. The van der Waals surface area contributed by atoms with Crippen LogP contribution in [-0.2, 0) is 6.54 Å². The highest BCUT2D eigenvalue weighted by Crippen LogP contribution is 2.49. The molecule has 1 heterocycles. The van der Waals surface area contributed by atoms with Crippen LogP contribution >= 0.6 is 39.5 Å². The van der Waals surface area contributed by atoms with Gasteiger partial charge in [-0.05, 0) is 47.3 Å². The van der Waals surface area contributed by atoms with Crippen LogP contribution in [0.1, 0.15) is 24.1 Å². The third kappa shape index (κ3) is 4.02. The van der Waals surface area contributed by atoms with Crippen molar-refractivity contribution in [3.8, 4) is 0 Å². The first-order valence-electron chi connectivity index (χ1n) is 5.69. The average Bonchev–Trinajstić information content (AvgIpc) is 2.80. The average molecular weight is 333 g/mol. The van der Waals surface area contributed by atoms with E-state index >= 15 is 0 Å². The minimum Gasteiger partial charge on any atom is -0.393 e. The summed E-state index contributed by atoms with van der Waals surface area (Å²) in [6, 6.07) is 2.19. The largest absolute Gasteiger partial charge is 0.393 e. The predicted molar refractivity (Wildman–Crippen MR) is 81.4 cm³/mol. The van der Waals surface area contributed by atoms with E-state index in [1.807, 2.05) is 0 Å². The van der Waals surface area contributed by atoms with E-state index in [-0.39, 0.29) is 0 Å². The highest BCUT2D eigenvalue weighted by atomic mass is 79.9. The number of nitrogens with two attached hydrogens (primary N) is 1. The summed E-state index contributed by atoms with van der Waals surface area (Å²) in [6.07, 6.45) is 3.44. The highest BCUT2D eigenvalue weighted by molar-refractivity contribution is 9.10. The van der Waals surface area contributed by atoms with Gasteiger partial charge in [0.15, 0.2) is 0 Å². The van der Waals surface area contributed by atoms with Gasteiger partial charge in [-0.2, -0.15) is 0 Å². The van der Waals surface area contributed by atoms with Gasteiger partial charge in [0, 0.05) is 34.2 Å². The Morgan fingerprint density at radius 3 is 2.82 bits per heavy atom. The molecule has 0 amide bonds. The fourth-order valence-corrected chi connectivity index (χ4v) is 4.10. The maximum atomic E-state index is 5.66. The summed E-state index contributed by atoms with van der Waals surface area (Å²) in [4.78, 5) is 4.43. The quantitative estimate of drug-likeness (QED) is 0.809. The molecule has 0 bridgehead atoms. The van der Waals surface area contributed by atoms with E-state index in [2.05, 4.69) is 39.3 Å². The first-order valence-corrected chi connectivity index (χ1v) is 7.77. The number of thiophene rings is 1. The Hall–Kier alpha value is 0.0300. The first-order chi connectivity index (χ1) is 7.99. The van der Waals surface area contributed by atoms with Crippen molar-refractivity contribution in [1.82, 2.24) is 4.90 Å². The van der Waals surface area contributed by atoms with Gasteiger partial charge in [0.1, 0.15) is 0 Å². The SMILES string of the molecule is CN(Cc1cc(Br)cs1)CC1(CC(N)=S)CC1. The first kappa shape index (κ1) is 13.5. The molecule has 0 aromatic carbocycles. The third-order valence-corrected chi connectivity index (χ3v) is 4.99. The molecule has 1 aliphatic carbocycles. The molecule has 0 aliphatic heterocycles. The van der Waals surface area contributed by atoms with Gasteiger partial charge < -0.3 is 10.6 Å². The monoisotopic (exact) mass is 332 g/mol. The number of nitrogens with zero attached hydrogens (tertiary/aromatic N) is 1. The van der Waals surface area contributed by atoms with Crippen LogP contribution in [0.4, 0.5) is 0 Å². The Kier molecular flexibility index (Phi) is 4.23. The van der Waals surface area contributed by atoms with Crippen LogP contribution in [0.5, 0.6) is 0 Å². The second kappa shape index (κ2) is 5.34.